The first kappa shape index (κ1) is 23.6. The summed E-state index contributed by atoms with van der Waals surface area (Å²) in [7, 11) is 1.59. The van der Waals surface area contributed by atoms with Gasteiger partial charge in [0.1, 0.15) is 5.82 Å². The van der Waals surface area contributed by atoms with Crippen LogP contribution in [-0.4, -0.2) is 60.1 Å². The fraction of sp³-hybridized carbons (Fsp3) is 0.357. The van der Waals surface area contributed by atoms with Crippen molar-refractivity contribution in [2.75, 3.05) is 43.1 Å². The number of methoxy groups -OCH3 is 1. The number of hydrogen-bond donors (Lipinski definition) is 0. The Morgan fingerprint density at radius 3 is 2.78 bits per heavy atom. The van der Waals surface area contributed by atoms with E-state index < -0.39 is 0 Å². The number of benzene rings is 2. The molecular weight excluding hydrogens is 452 g/mol. The maximum Gasteiger partial charge on any atom is 0.318 e. The van der Waals surface area contributed by atoms with Crippen molar-refractivity contribution in [3.63, 3.8) is 0 Å². The van der Waals surface area contributed by atoms with Gasteiger partial charge in [0.15, 0.2) is 0 Å². The summed E-state index contributed by atoms with van der Waals surface area (Å²) in [6, 6.07) is 17.2. The predicted octanol–water partition coefficient (Wildman–Crippen LogP) is 3.71. The van der Waals surface area contributed by atoms with E-state index in [1.54, 1.807) is 24.2 Å². The van der Waals surface area contributed by atoms with Crippen molar-refractivity contribution in [1.29, 1.82) is 5.26 Å². The van der Waals surface area contributed by atoms with Gasteiger partial charge in [-0.05, 0) is 30.9 Å². The van der Waals surface area contributed by atoms with Crippen molar-refractivity contribution in [3.05, 3.63) is 65.9 Å². The van der Waals surface area contributed by atoms with Crippen LogP contribution in [0.1, 0.15) is 24.6 Å². The molecule has 1 saturated heterocycles. The number of allylic oxidation sites excluding steroid dienone is 1. The van der Waals surface area contributed by atoms with Gasteiger partial charge in [-0.25, -0.2) is 0 Å². The highest BCUT2D eigenvalue weighted by molar-refractivity contribution is 5.94. The number of ether oxygens (including phenoxy) is 1. The molecule has 3 aromatic rings. The Labute approximate surface area is 211 Å². The van der Waals surface area contributed by atoms with Crippen LogP contribution in [0.25, 0.3) is 10.8 Å². The monoisotopic (exact) mass is 482 g/mol. The van der Waals surface area contributed by atoms with Gasteiger partial charge < -0.3 is 19.4 Å². The highest BCUT2D eigenvalue weighted by atomic mass is 16.5. The molecule has 0 N–H and O–H groups in total. The maximum absolute atomic E-state index is 12.6. The van der Waals surface area contributed by atoms with Crippen molar-refractivity contribution in [2.45, 2.75) is 32.4 Å². The molecule has 1 atom stereocenters. The number of nitriles is 1. The molecule has 1 amide bonds. The topological polar surface area (TPSA) is 85.6 Å². The summed E-state index contributed by atoms with van der Waals surface area (Å²) in [5.41, 5.74) is 3.28. The summed E-state index contributed by atoms with van der Waals surface area (Å²) in [5, 5.41) is 11.9. The van der Waals surface area contributed by atoms with E-state index in [1.165, 1.54) is 16.5 Å². The van der Waals surface area contributed by atoms with Crippen LogP contribution in [0.5, 0.6) is 6.01 Å². The van der Waals surface area contributed by atoms with E-state index in [9.17, 15) is 10.1 Å². The van der Waals surface area contributed by atoms with E-state index in [1.807, 2.05) is 6.92 Å². The predicted molar refractivity (Wildman–Crippen MR) is 140 cm³/mol. The van der Waals surface area contributed by atoms with Gasteiger partial charge >= 0.3 is 6.01 Å². The Kier molecular flexibility index (Phi) is 6.72. The van der Waals surface area contributed by atoms with Crippen LogP contribution >= 0.6 is 0 Å². The van der Waals surface area contributed by atoms with E-state index in [0.29, 0.717) is 32.2 Å². The third kappa shape index (κ3) is 4.44. The van der Waals surface area contributed by atoms with Crippen molar-refractivity contribution >= 4 is 28.2 Å². The van der Waals surface area contributed by atoms with Gasteiger partial charge in [-0.1, -0.05) is 42.5 Å². The van der Waals surface area contributed by atoms with E-state index in [0.717, 1.165) is 30.0 Å². The van der Waals surface area contributed by atoms with Crippen LogP contribution in [0, 0.1) is 11.3 Å². The Morgan fingerprint density at radius 1 is 1.14 bits per heavy atom. The quantitative estimate of drug-likeness (QED) is 0.513. The molecule has 0 radical (unpaired) electrons. The van der Waals surface area contributed by atoms with Crippen molar-refractivity contribution in [2.24, 2.45) is 0 Å². The lowest BCUT2D eigenvalue weighted by molar-refractivity contribution is -0.128. The molecule has 184 valence electrons. The standard InChI is InChI=1S/C28H30N6O2/c1-3-7-26(35)34-17-16-33(18-21(34)12-14-29)27-23-13-15-32(19-24(23)30-28(31-27)36-2)25-11-6-9-20-8-4-5-10-22(20)25/h3-11,21H,12-13,15-19H2,1-2H3/b7-3+. The molecule has 0 aliphatic carbocycles. The molecule has 8 heteroatoms. The van der Waals surface area contributed by atoms with E-state index in [4.69, 9.17) is 14.7 Å². The largest absolute Gasteiger partial charge is 0.467 e. The number of aromatic nitrogens is 2. The number of rotatable bonds is 5. The third-order valence-electron chi connectivity index (χ3n) is 7.01. The fourth-order valence-corrected chi connectivity index (χ4v) is 5.29. The fourth-order valence-electron chi connectivity index (χ4n) is 5.29. The summed E-state index contributed by atoms with van der Waals surface area (Å²) in [5.74, 6) is 0.806. The zero-order valence-corrected chi connectivity index (χ0v) is 20.7. The first-order valence-electron chi connectivity index (χ1n) is 12.3. The molecule has 2 aliphatic rings. The molecule has 3 heterocycles. The van der Waals surface area contributed by atoms with Crippen LogP contribution in [0.3, 0.4) is 0 Å². The Morgan fingerprint density at radius 2 is 1.97 bits per heavy atom. The normalized spacial score (nSPS) is 17.8. The lowest BCUT2D eigenvalue weighted by atomic mass is 10.0. The zero-order chi connectivity index (χ0) is 25.1. The van der Waals surface area contributed by atoms with Gasteiger partial charge in [-0.15, -0.1) is 0 Å². The SMILES string of the molecule is C/C=C/C(=O)N1CCN(c2nc(OC)nc3c2CCN(c2cccc4ccccc24)C3)CC1CC#N. The minimum Gasteiger partial charge on any atom is -0.467 e. The van der Waals surface area contributed by atoms with Gasteiger partial charge in [0.2, 0.25) is 5.91 Å². The minimum atomic E-state index is -0.195. The zero-order valence-electron chi connectivity index (χ0n) is 20.7. The second-order valence-corrected chi connectivity index (χ2v) is 9.12. The summed E-state index contributed by atoms with van der Waals surface area (Å²) in [4.78, 5) is 28.4. The van der Waals surface area contributed by atoms with Crippen LogP contribution < -0.4 is 14.5 Å². The van der Waals surface area contributed by atoms with Crippen molar-refractivity contribution in [1.82, 2.24) is 14.9 Å². The number of piperazine rings is 1. The molecular formula is C28H30N6O2. The molecule has 2 aromatic carbocycles. The molecule has 2 aliphatic heterocycles. The summed E-state index contributed by atoms with van der Waals surface area (Å²) in [6.45, 7) is 5.08. The van der Waals surface area contributed by atoms with E-state index in [-0.39, 0.29) is 18.4 Å². The van der Waals surface area contributed by atoms with Gasteiger partial charge in [0, 0.05) is 42.8 Å². The van der Waals surface area contributed by atoms with Gasteiger partial charge in [-0.2, -0.15) is 15.2 Å². The van der Waals surface area contributed by atoms with Crippen LogP contribution in [0.2, 0.25) is 0 Å². The number of anilines is 2. The number of hydrogen-bond acceptors (Lipinski definition) is 7. The second kappa shape index (κ2) is 10.2. The van der Waals surface area contributed by atoms with E-state index in [2.05, 4.69) is 58.3 Å². The number of fused-ring (bicyclic) bond motifs is 2. The summed E-state index contributed by atoms with van der Waals surface area (Å²) < 4.78 is 5.50. The number of carbonyl (C=O) groups excluding carboxylic acids is 1. The number of carbonyl (C=O) groups is 1. The molecule has 36 heavy (non-hydrogen) atoms. The molecule has 0 saturated carbocycles. The molecule has 1 unspecified atom stereocenters. The molecule has 1 aromatic heterocycles. The molecule has 0 spiro atoms. The molecule has 5 rings (SSSR count). The summed E-state index contributed by atoms with van der Waals surface area (Å²) in [6.07, 6.45) is 4.39. The maximum atomic E-state index is 12.6. The van der Waals surface area contributed by atoms with Crippen LogP contribution in [0.4, 0.5) is 11.5 Å². The molecule has 8 nitrogen and oxygen atoms in total. The minimum absolute atomic E-state index is 0.0505. The van der Waals surface area contributed by atoms with Crippen LogP contribution in [-0.2, 0) is 17.8 Å². The highest BCUT2D eigenvalue weighted by Crippen LogP contribution is 2.34. The smallest absolute Gasteiger partial charge is 0.318 e. The number of amides is 1. The first-order chi connectivity index (χ1) is 17.6. The van der Waals surface area contributed by atoms with Crippen molar-refractivity contribution < 1.29 is 9.53 Å². The van der Waals surface area contributed by atoms with E-state index >= 15 is 0 Å². The first-order valence-corrected chi connectivity index (χ1v) is 12.3. The Balaban J connectivity index is 1.46. The average Bonchev–Trinajstić information content (AvgIpc) is 2.92. The third-order valence-corrected chi connectivity index (χ3v) is 7.01. The van der Waals surface area contributed by atoms with Gasteiger partial charge in [-0.3, -0.25) is 4.79 Å². The van der Waals surface area contributed by atoms with Gasteiger partial charge in [0.05, 0.1) is 37.9 Å². The Hall–Kier alpha value is -4.12. The Bertz CT molecular complexity index is 1340. The second-order valence-electron chi connectivity index (χ2n) is 9.12. The lowest BCUT2D eigenvalue weighted by Gasteiger charge is -2.42. The number of nitrogens with zero attached hydrogens (tertiary/aromatic N) is 6. The van der Waals surface area contributed by atoms with Crippen LogP contribution in [0.15, 0.2) is 54.6 Å². The van der Waals surface area contributed by atoms with Crippen molar-refractivity contribution in [3.8, 4) is 12.1 Å². The molecule has 1 fully saturated rings. The summed E-state index contributed by atoms with van der Waals surface area (Å²) >= 11 is 0. The lowest BCUT2D eigenvalue weighted by Crippen LogP contribution is -2.55. The average molecular weight is 483 g/mol. The molecule has 0 bridgehead atoms. The van der Waals surface area contributed by atoms with Gasteiger partial charge in [0.25, 0.3) is 0 Å². The highest BCUT2D eigenvalue weighted by Gasteiger charge is 2.33.